The van der Waals surface area contributed by atoms with Gasteiger partial charge in [-0.1, -0.05) is 23.4 Å². The summed E-state index contributed by atoms with van der Waals surface area (Å²) >= 11 is 0. The summed E-state index contributed by atoms with van der Waals surface area (Å²) in [6.07, 6.45) is -7.44. The van der Waals surface area contributed by atoms with Crippen molar-refractivity contribution in [2.75, 3.05) is 38.1 Å². The normalized spacial score (nSPS) is 14.2. The number of carbonyl (C=O) groups is 2. The number of carbonyl (C=O) groups excluding carboxylic acids is 2. The monoisotopic (exact) mass is 661 g/mol. The summed E-state index contributed by atoms with van der Waals surface area (Å²) in [6, 6.07) is 13.7. The molecule has 3 heterocycles. The Hall–Kier alpha value is -4.99. The molecule has 1 aliphatic rings. The van der Waals surface area contributed by atoms with E-state index in [1.807, 2.05) is 0 Å². The first-order chi connectivity index (χ1) is 22.2. The van der Waals surface area contributed by atoms with Crippen molar-refractivity contribution in [3.05, 3.63) is 101 Å². The summed E-state index contributed by atoms with van der Waals surface area (Å²) < 4.78 is 82.1. The second kappa shape index (κ2) is 13.8. The number of nitrogens with zero attached hydrogens (tertiary/aromatic N) is 6. The minimum atomic E-state index is -4.48. The van der Waals surface area contributed by atoms with Crippen LogP contribution in [0.3, 0.4) is 0 Å². The largest absolute Gasteiger partial charge is 0.484 e. The predicted octanol–water partition coefficient (Wildman–Crippen LogP) is 5.20. The number of aromatic nitrogens is 4. The van der Waals surface area contributed by atoms with E-state index in [1.54, 1.807) is 36.1 Å². The predicted molar refractivity (Wildman–Crippen MR) is 157 cm³/mol. The molecule has 0 spiro atoms. The number of rotatable bonds is 9. The summed E-state index contributed by atoms with van der Waals surface area (Å²) in [4.78, 5) is 33.7. The van der Waals surface area contributed by atoms with Gasteiger partial charge >= 0.3 is 12.4 Å². The van der Waals surface area contributed by atoms with E-state index in [0.29, 0.717) is 44.0 Å². The molecule has 0 unspecified atom stereocenters. The Balaban J connectivity index is 1.12. The Bertz CT molecular complexity index is 1700. The highest BCUT2D eigenvalue weighted by atomic mass is 19.4. The van der Waals surface area contributed by atoms with E-state index >= 15 is 0 Å². The molecular weight excluding hydrogens is 632 g/mol. The fourth-order valence-electron chi connectivity index (χ4n) is 4.89. The van der Waals surface area contributed by atoms with Gasteiger partial charge in [-0.2, -0.15) is 26.3 Å². The van der Waals surface area contributed by atoms with Gasteiger partial charge in [0.05, 0.1) is 17.8 Å². The zero-order valence-corrected chi connectivity index (χ0v) is 25.0. The van der Waals surface area contributed by atoms with Gasteiger partial charge in [-0.05, 0) is 60.5 Å². The molecule has 1 saturated heterocycles. The molecule has 0 atom stereocenters. The highest BCUT2D eigenvalue weighted by molar-refractivity contribution is 6.02. The van der Waals surface area contributed by atoms with Crippen LogP contribution in [0.2, 0.25) is 0 Å². The second-order valence-corrected chi connectivity index (χ2v) is 10.9. The number of alkyl halides is 6. The van der Waals surface area contributed by atoms with Crippen molar-refractivity contribution in [2.24, 2.45) is 0 Å². The lowest BCUT2D eigenvalue weighted by Gasteiger charge is -2.34. The van der Waals surface area contributed by atoms with Gasteiger partial charge in [-0.3, -0.25) is 19.5 Å². The number of hydrogen-bond acceptors (Lipinski definition) is 7. The summed E-state index contributed by atoms with van der Waals surface area (Å²) in [6.45, 7) is 3.03. The molecule has 47 heavy (non-hydrogen) atoms. The third kappa shape index (κ3) is 8.84. The van der Waals surface area contributed by atoms with Crippen LogP contribution in [0, 0.1) is 6.92 Å². The van der Waals surface area contributed by atoms with Crippen LogP contribution in [-0.2, 0) is 19.3 Å². The first-order valence-corrected chi connectivity index (χ1v) is 14.4. The number of pyridine rings is 1. The van der Waals surface area contributed by atoms with Gasteiger partial charge < -0.3 is 15.0 Å². The van der Waals surface area contributed by atoms with Crippen molar-refractivity contribution in [1.82, 2.24) is 29.8 Å². The van der Waals surface area contributed by atoms with Crippen LogP contribution in [-0.4, -0.2) is 80.6 Å². The summed E-state index contributed by atoms with van der Waals surface area (Å²) in [5, 5.41) is 10.7. The van der Waals surface area contributed by atoms with Crippen LogP contribution in [0.1, 0.15) is 43.4 Å². The van der Waals surface area contributed by atoms with Gasteiger partial charge in [-0.15, -0.1) is 5.10 Å². The van der Waals surface area contributed by atoms with Crippen molar-refractivity contribution < 1.29 is 40.7 Å². The third-order valence-electron chi connectivity index (χ3n) is 7.41. The van der Waals surface area contributed by atoms with E-state index in [0.717, 1.165) is 29.8 Å². The van der Waals surface area contributed by atoms with Gasteiger partial charge in [-0.25, -0.2) is 4.68 Å². The first-order valence-electron chi connectivity index (χ1n) is 14.4. The molecule has 2 aromatic heterocycles. The van der Waals surface area contributed by atoms with Crippen molar-refractivity contribution in [3.8, 4) is 5.75 Å². The van der Waals surface area contributed by atoms with Crippen LogP contribution in [0.5, 0.6) is 5.75 Å². The maximum Gasteiger partial charge on any atom is 0.422 e. The fraction of sp³-hybridized carbons (Fsp3) is 0.323. The minimum Gasteiger partial charge on any atom is -0.484 e. The molecule has 4 aromatic rings. The molecule has 0 saturated carbocycles. The molecule has 248 valence electrons. The molecule has 10 nitrogen and oxygen atoms in total. The first kappa shape index (κ1) is 33.4. The van der Waals surface area contributed by atoms with E-state index in [9.17, 15) is 35.9 Å². The average Bonchev–Trinajstić information content (AvgIpc) is 3.39. The molecule has 2 aromatic carbocycles. The topological polar surface area (TPSA) is 105 Å². The summed E-state index contributed by atoms with van der Waals surface area (Å²) in [7, 11) is 0. The molecule has 16 heteroatoms. The SMILES string of the molecule is Cc1c(C(=O)N2CCN(Cc3cccc(OCC(F)(F)F)c3)CC2)nnn1Cc1ccc(C(=O)Nc2ccc(C(F)(F)F)cc2)nc1. The van der Waals surface area contributed by atoms with E-state index in [1.165, 1.54) is 23.0 Å². The molecule has 0 bridgehead atoms. The molecule has 0 radical (unpaired) electrons. The van der Waals surface area contributed by atoms with Crippen molar-refractivity contribution in [3.63, 3.8) is 0 Å². The number of nitrogens with one attached hydrogen (secondary N) is 1. The van der Waals surface area contributed by atoms with Crippen LogP contribution in [0.25, 0.3) is 0 Å². The van der Waals surface area contributed by atoms with Gasteiger partial charge in [0, 0.05) is 44.6 Å². The highest BCUT2D eigenvalue weighted by Crippen LogP contribution is 2.30. The maximum absolute atomic E-state index is 13.3. The van der Waals surface area contributed by atoms with Crippen LogP contribution in [0.15, 0.2) is 66.9 Å². The number of amides is 2. The number of halogens is 6. The maximum atomic E-state index is 13.3. The highest BCUT2D eigenvalue weighted by Gasteiger charge is 2.30. The molecular formula is C31H29F6N7O3. The lowest BCUT2D eigenvalue weighted by molar-refractivity contribution is -0.153. The molecule has 0 aliphatic carbocycles. The zero-order chi connectivity index (χ0) is 33.8. The number of hydrogen-bond donors (Lipinski definition) is 1. The van der Waals surface area contributed by atoms with Crippen molar-refractivity contribution >= 4 is 17.5 Å². The van der Waals surface area contributed by atoms with E-state index < -0.39 is 30.4 Å². The Morgan fingerprint density at radius 2 is 1.62 bits per heavy atom. The Morgan fingerprint density at radius 3 is 2.26 bits per heavy atom. The Labute approximate surface area is 264 Å². The average molecular weight is 662 g/mol. The van der Waals surface area contributed by atoms with Gasteiger partial charge in [0.15, 0.2) is 12.3 Å². The number of ether oxygens (including phenoxy) is 1. The summed E-state index contributed by atoms with van der Waals surface area (Å²) in [5.41, 5.74) is 1.63. The molecule has 1 N–H and O–H groups in total. The zero-order valence-electron chi connectivity index (χ0n) is 25.0. The Kier molecular flexibility index (Phi) is 9.79. The van der Waals surface area contributed by atoms with Crippen LogP contribution >= 0.6 is 0 Å². The van der Waals surface area contributed by atoms with Crippen molar-refractivity contribution in [2.45, 2.75) is 32.4 Å². The Morgan fingerprint density at radius 1 is 0.894 bits per heavy atom. The third-order valence-corrected chi connectivity index (χ3v) is 7.41. The fourth-order valence-corrected chi connectivity index (χ4v) is 4.89. The minimum absolute atomic E-state index is 0.0569. The molecule has 1 aliphatic heterocycles. The van der Waals surface area contributed by atoms with Gasteiger partial charge in [0.25, 0.3) is 11.8 Å². The van der Waals surface area contributed by atoms with Crippen LogP contribution < -0.4 is 10.1 Å². The van der Waals surface area contributed by atoms with Gasteiger partial charge in [0.2, 0.25) is 0 Å². The van der Waals surface area contributed by atoms with Crippen molar-refractivity contribution in [1.29, 1.82) is 0 Å². The summed E-state index contributed by atoms with van der Waals surface area (Å²) in [5.74, 6) is -0.727. The molecule has 5 rings (SSSR count). The van der Waals surface area contributed by atoms with Crippen LogP contribution in [0.4, 0.5) is 32.0 Å². The number of anilines is 1. The smallest absolute Gasteiger partial charge is 0.422 e. The van der Waals surface area contributed by atoms with E-state index in [-0.39, 0.29) is 35.3 Å². The quantitative estimate of drug-likeness (QED) is 0.246. The second-order valence-electron chi connectivity index (χ2n) is 10.9. The van der Waals surface area contributed by atoms with E-state index in [4.69, 9.17) is 4.74 Å². The lowest BCUT2D eigenvalue weighted by Crippen LogP contribution is -2.48. The lowest BCUT2D eigenvalue weighted by atomic mass is 10.1. The number of piperazine rings is 1. The molecule has 2 amide bonds. The standard InChI is InChI=1S/C31H29F6N7O3/c1-20-27(29(46)43-13-11-42(12-14-43)17-21-3-2-4-25(15-21)47-19-30(32,33)34)40-41-44(20)18-22-5-10-26(38-16-22)28(45)39-24-8-6-23(7-9-24)31(35,36)37/h2-10,15-16H,11-14,17-19H2,1H3,(H,39,45). The number of benzene rings is 2. The molecule has 1 fully saturated rings. The van der Waals surface area contributed by atoms with E-state index in [2.05, 4.69) is 25.5 Å². The van der Waals surface area contributed by atoms with Gasteiger partial charge in [0.1, 0.15) is 11.4 Å².